The molecular formula is C23H20N2O6S. The Kier molecular flexibility index (Phi) is 5.91. The van der Waals surface area contributed by atoms with Crippen LogP contribution in [0.3, 0.4) is 0 Å². The van der Waals surface area contributed by atoms with Crippen LogP contribution in [0.5, 0.6) is 5.75 Å². The predicted molar refractivity (Wildman–Crippen MR) is 117 cm³/mol. The lowest BCUT2D eigenvalue weighted by Crippen LogP contribution is -2.39. The highest BCUT2D eigenvalue weighted by molar-refractivity contribution is 7.07. The zero-order valence-electron chi connectivity index (χ0n) is 17.7. The zero-order chi connectivity index (χ0) is 22.8. The van der Waals surface area contributed by atoms with Gasteiger partial charge < -0.3 is 13.9 Å². The molecule has 0 bridgehead atoms. The third kappa shape index (κ3) is 4.06. The van der Waals surface area contributed by atoms with Gasteiger partial charge in [-0.2, -0.15) is 0 Å². The SMILES string of the molecule is CCOC(=O)C1=C(C)N=c2s/c(=C/c3ccco3)c(=O)n2[C@@H]1c1ccc(OC(C)=O)cc1. The summed E-state index contributed by atoms with van der Waals surface area (Å²) >= 11 is 1.21. The van der Waals surface area contributed by atoms with Crippen LogP contribution in [0.15, 0.2) is 68.1 Å². The zero-order valence-corrected chi connectivity index (χ0v) is 18.5. The molecule has 1 atom stereocenters. The first-order valence-electron chi connectivity index (χ1n) is 9.90. The smallest absolute Gasteiger partial charge is 0.338 e. The molecule has 9 heteroatoms. The number of hydrogen-bond acceptors (Lipinski definition) is 8. The number of benzene rings is 1. The fourth-order valence-electron chi connectivity index (χ4n) is 3.49. The van der Waals surface area contributed by atoms with Crippen molar-refractivity contribution in [3.63, 3.8) is 0 Å². The molecule has 0 N–H and O–H groups in total. The summed E-state index contributed by atoms with van der Waals surface area (Å²) in [7, 11) is 0. The number of thiazole rings is 1. The predicted octanol–water partition coefficient (Wildman–Crippen LogP) is 2.32. The van der Waals surface area contributed by atoms with Crippen molar-refractivity contribution in [2.75, 3.05) is 6.61 Å². The van der Waals surface area contributed by atoms with Crippen molar-refractivity contribution in [1.82, 2.24) is 4.57 Å². The van der Waals surface area contributed by atoms with E-state index in [-0.39, 0.29) is 17.7 Å². The molecule has 32 heavy (non-hydrogen) atoms. The Morgan fingerprint density at radius 3 is 2.62 bits per heavy atom. The Balaban J connectivity index is 1.90. The minimum Gasteiger partial charge on any atom is -0.465 e. The van der Waals surface area contributed by atoms with Crippen LogP contribution in [0.25, 0.3) is 6.08 Å². The standard InChI is InChI=1S/C23H20N2O6S/c1-4-29-22(28)19-13(2)24-23-25(21(27)18(32-23)12-17-6-5-11-30-17)20(19)15-7-9-16(10-8-15)31-14(3)26/h5-12,20H,4H2,1-3H3/b18-12+/t20-/m1/s1. The third-order valence-corrected chi connectivity index (χ3v) is 5.77. The molecule has 0 saturated heterocycles. The summed E-state index contributed by atoms with van der Waals surface area (Å²) in [5.41, 5.74) is 1.12. The second-order valence-electron chi connectivity index (χ2n) is 6.98. The van der Waals surface area contributed by atoms with E-state index in [9.17, 15) is 14.4 Å². The van der Waals surface area contributed by atoms with Gasteiger partial charge in [0.25, 0.3) is 5.56 Å². The van der Waals surface area contributed by atoms with Crippen LogP contribution in [-0.4, -0.2) is 23.1 Å². The lowest BCUT2D eigenvalue weighted by Gasteiger charge is -2.24. The van der Waals surface area contributed by atoms with Crippen LogP contribution in [0, 0.1) is 0 Å². The van der Waals surface area contributed by atoms with Gasteiger partial charge in [-0.05, 0) is 43.7 Å². The van der Waals surface area contributed by atoms with Crippen LogP contribution in [0.1, 0.15) is 38.1 Å². The Labute approximate surface area is 186 Å². The average molecular weight is 452 g/mol. The first-order chi connectivity index (χ1) is 15.4. The Hall–Kier alpha value is -3.72. The van der Waals surface area contributed by atoms with Gasteiger partial charge >= 0.3 is 11.9 Å². The first-order valence-corrected chi connectivity index (χ1v) is 10.7. The van der Waals surface area contributed by atoms with Crippen LogP contribution in [-0.2, 0) is 14.3 Å². The number of esters is 2. The number of ether oxygens (including phenoxy) is 2. The lowest BCUT2D eigenvalue weighted by atomic mass is 9.96. The summed E-state index contributed by atoms with van der Waals surface area (Å²) in [5.74, 6) is -0.0708. The largest absolute Gasteiger partial charge is 0.465 e. The molecule has 0 fully saturated rings. The number of aromatic nitrogens is 1. The van der Waals surface area contributed by atoms with Crippen molar-refractivity contribution in [3.05, 3.63) is 84.9 Å². The maximum atomic E-state index is 13.4. The van der Waals surface area contributed by atoms with E-state index in [0.717, 1.165) is 0 Å². The highest BCUT2D eigenvalue weighted by atomic mass is 32.1. The molecule has 4 rings (SSSR count). The lowest BCUT2D eigenvalue weighted by molar-refractivity contribution is -0.139. The second-order valence-corrected chi connectivity index (χ2v) is 7.99. The molecule has 0 saturated carbocycles. The van der Waals surface area contributed by atoms with Crippen molar-refractivity contribution in [3.8, 4) is 5.75 Å². The molecule has 0 unspecified atom stereocenters. The van der Waals surface area contributed by atoms with E-state index in [1.807, 2.05) is 0 Å². The Bertz CT molecular complexity index is 1380. The van der Waals surface area contributed by atoms with E-state index < -0.39 is 18.0 Å². The topological polar surface area (TPSA) is 100 Å². The van der Waals surface area contributed by atoms with Crippen LogP contribution in [0.4, 0.5) is 0 Å². The molecule has 0 amide bonds. The van der Waals surface area contributed by atoms with Gasteiger partial charge in [-0.25, -0.2) is 9.79 Å². The monoisotopic (exact) mass is 452 g/mol. The molecule has 0 radical (unpaired) electrons. The average Bonchev–Trinajstić information content (AvgIpc) is 3.36. The van der Waals surface area contributed by atoms with Crippen molar-refractivity contribution >= 4 is 29.4 Å². The van der Waals surface area contributed by atoms with Crippen LogP contribution < -0.4 is 19.6 Å². The molecule has 0 aliphatic carbocycles. The summed E-state index contributed by atoms with van der Waals surface area (Å²) in [4.78, 5) is 42.4. The van der Waals surface area contributed by atoms with Gasteiger partial charge in [-0.3, -0.25) is 14.2 Å². The molecule has 1 aliphatic rings. The van der Waals surface area contributed by atoms with Gasteiger partial charge in [-0.15, -0.1) is 0 Å². The first kappa shape index (κ1) is 21.5. The van der Waals surface area contributed by atoms with E-state index in [2.05, 4.69) is 4.99 Å². The molecule has 1 aromatic carbocycles. The second kappa shape index (κ2) is 8.80. The molecule has 164 valence electrons. The number of rotatable bonds is 5. The quantitative estimate of drug-likeness (QED) is 0.435. The maximum Gasteiger partial charge on any atom is 0.338 e. The fraction of sp³-hybridized carbons (Fsp3) is 0.217. The van der Waals surface area contributed by atoms with Crippen molar-refractivity contribution in [2.45, 2.75) is 26.8 Å². The van der Waals surface area contributed by atoms with Crippen molar-refractivity contribution in [1.29, 1.82) is 0 Å². The van der Waals surface area contributed by atoms with Gasteiger partial charge in [-0.1, -0.05) is 23.5 Å². The number of carbonyl (C=O) groups excluding carboxylic acids is 2. The van der Waals surface area contributed by atoms with Gasteiger partial charge in [0, 0.05) is 13.0 Å². The summed E-state index contributed by atoms with van der Waals surface area (Å²) in [6.07, 6.45) is 3.17. The van der Waals surface area contributed by atoms with E-state index in [0.29, 0.717) is 32.1 Å². The Morgan fingerprint density at radius 2 is 2.00 bits per heavy atom. The number of nitrogens with zero attached hydrogens (tertiary/aromatic N) is 2. The molecule has 2 aromatic heterocycles. The summed E-state index contributed by atoms with van der Waals surface area (Å²) in [6.45, 7) is 4.94. The summed E-state index contributed by atoms with van der Waals surface area (Å²) in [6, 6.07) is 9.41. The summed E-state index contributed by atoms with van der Waals surface area (Å²) in [5, 5.41) is 0. The summed E-state index contributed by atoms with van der Waals surface area (Å²) < 4.78 is 17.6. The highest BCUT2D eigenvalue weighted by Gasteiger charge is 2.33. The van der Waals surface area contributed by atoms with E-state index in [4.69, 9.17) is 13.9 Å². The van der Waals surface area contributed by atoms with Gasteiger partial charge in [0.05, 0.1) is 34.7 Å². The Morgan fingerprint density at radius 1 is 1.25 bits per heavy atom. The molecule has 1 aliphatic heterocycles. The van der Waals surface area contributed by atoms with Crippen molar-refractivity contribution in [2.24, 2.45) is 4.99 Å². The van der Waals surface area contributed by atoms with E-state index >= 15 is 0 Å². The maximum absolute atomic E-state index is 13.4. The number of carbonyl (C=O) groups is 2. The number of fused-ring (bicyclic) bond motifs is 1. The van der Waals surface area contributed by atoms with Gasteiger partial charge in [0.1, 0.15) is 11.5 Å². The normalized spacial score (nSPS) is 15.8. The molecule has 3 heterocycles. The van der Waals surface area contributed by atoms with Crippen LogP contribution in [0.2, 0.25) is 0 Å². The third-order valence-electron chi connectivity index (χ3n) is 4.79. The molecule has 8 nitrogen and oxygen atoms in total. The molecule has 3 aromatic rings. The van der Waals surface area contributed by atoms with Crippen molar-refractivity contribution < 1.29 is 23.5 Å². The number of allylic oxidation sites excluding steroid dienone is 1. The number of hydrogen-bond donors (Lipinski definition) is 0. The number of furan rings is 1. The van der Waals surface area contributed by atoms with Gasteiger partial charge in [0.2, 0.25) is 0 Å². The molecule has 0 spiro atoms. The fourth-order valence-corrected chi connectivity index (χ4v) is 4.52. The van der Waals surface area contributed by atoms with Crippen LogP contribution >= 0.6 is 11.3 Å². The van der Waals surface area contributed by atoms with E-state index in [1.165, 1.54) is 29.1 Å². The van der Waals surface area contributed by atoms with Gasteiger partial charge in [0.15, 0.2) is 4.80 Å². The van der Waals surface area contributed by atoms with E-state index in [1.54, 1.807) is 56.3 Å². The highest BCUT2D eigenvalue weighted by Crippen LogP contribution is 2.31. The minimum atomic E-state index is -0.740. The minimum absolute atomic E-state index is 0.191. The molecular weight excluding hydrogens is 432 g/mol.